The van der Waals surface area contributed by atoms with E-state index in [0.717, 1.165) is 0 Å². The molecule has 1 aliphatic heterocycles. The molecule has 0 spiro atoms. The lowest BCUT2D eigenvalue weighted by atomic mass is 10.2. The summed E-state index contributed by atoms with van der Waals surface area (Å²) in [5.74, 6) is -1.69. The van der Waals surface area contributed by atoms with Crippen molar-refractivity contribution in [3.05, 3.63) is 59.2 Å². The van der Waals surface area contributed by atoms with Crippen LogP contribution in [0.5, 0.6) is 0 Å². The van der Waals surface area contributed by atoms with E-state index in [2.05, 4.69) is 31.2 Å². The number of nitrogens with zero attached hydrogens (tertiary/aromatic N) is 2. The first-order chi connectivity index (χ1) is 19.5. The number of aromatic nitrogens is 2. The maximum Gasteiger partial charge on any atom is 0.269 e. The molecule has 3 heterocycles. The van der Waals surface area contributed by atoms with Crippen LogP contribution in [0.15, 0.2) is 36.4 Å². The van der Waals surface area contributed by atoms with Gasteiger partial charge in [-0.3, -0.25) is 19.2 Å². The number of hydrogen-bond acceptors (Lipinski definition) is 10. The molecule has 0 saturated carbocycles. The normalized spacial score (nSPS) is 18.4. The zero-order valence-corrected chi connectivity index (χ0v) is 22.1. The van der Waals surface area contributed by atoms with Crippen LogP contribution in [0.1, 0.15) is 42.0 Å². The molecule has 14 heteroatoms. The van der Waals surface area contributed by atoms with E-state index < -0.39 is 23.6 Å². The predicted molar refractivity (Wildman–Crippen MR) is 141 cm³/mol. The van der Waals surface area contributed by atoms with Crippen molar-refractivity contribution in [1.82, 2.24) is 31.2 Å². The highest BCUT2D eigenvalue weighted by atomic mass is 16.5. The second-order valence-electron chi connectivity index (χ2n) is 8.29. The summed E-state index contributed by atoms with van der Waals surface area (Å²) in [6.45, 7) is 3.21. The van der Waals surface area contributed by atoms with Crippen molar-refractivity contribution in [2.24, 2.45) is 0 Å². The van der Waals surface area contributed by atoms with Crippen molar-refractivity contribution in [3.8, 4) is 0 Å². The van der Waals surface area contributed by atoms with Crippen LogP contribution in [0.4, 0.5) is 0 Å². The van der Waals surface area contributed by atoms with Crippen LogP contribution in [0.25, 0.3) is 0 Å². The fraction of sp³-hybridized carbons (Fsp3) is 0.462. The number of hydrogen-bond donors (Lipinski definition) is 4. The molecule has 0 aromatic carbocycles. The standard InChI is InChI=1S/C26H34N6O8/c33-23-19-3-1-4-20(31-19)24(34)28-8-12-38-16-18-40-14-10-30-26(36)22-6-2-5-21(32-22)25(35)29-9-13-39-17-15-37-11-7-27-23/h1-6H,7-18H2,(H,27,33)(H,28,34)(H,29,35)(H,30,36). The number of rotatable bonds is 0. The summed E-state index contributed by atoms with van der Waals surface area (Å²) in [5, 5.41) is 10.7. The van der Waals surface area contributed by atoms with Crippen molar-refractivity contribution in [2.45, 2.75) is 0 Å². The van der Waals surface area contributed by atoms with Crippen LogP contribution >= 0.6 is 0 Å². The molecule has 2 aromatic heterocycles. The molecule has 0 radical (unpaired) electrons. The lowest BCUT2D eigenvalue weighted by molar-refractivity contribution is 0.0484. The molecule has 0 saturated heterocycles. The number of carbonyl (C=O) groups is 4. The Labute approximate surface area is 231 Å². The van der Waals surface area contributed by atoms with Crippen molar-refractivity contribution in [1.29, 1.82) is 0 Å². The zero-order valence-electron chi connectivity index (χ0n) is 22.1. The first-order valence-corrected chi connectivity index (χ1v) is 12.9. The van der Waals surface area contributed by atoms with Gasteiger partial charge in [-0.05, 0) is 24.3 Å². The lowest BCUT2D eigenvalue weighted by Gasteiger charge is -2.10. The molecule has 1 aliphatic rings. The minimum atomic E-state index is -0.423. The molecule has 4 amide bonds. The Morgan fingerprint density at radius 2 is 0.675 bits per heavy atom. The average Bonchev–Trinajstić information content (AvgIpc) is 2.98. The second-order valence-corrected chi connectivity index (χ2v) is 8.29. The highest BCUT2D eigenvalue weighted by Gasteiger charge is 2.13. The number of amides is 4. The molecular weight excluding hydrogens is 524 g/mol. The minimum absolute atomic E-state index is 0.115. The predicted octanol–water partition coefficient (Wildman–Crippen LogP) is -0.824. The Kier molecular flexibility index (Phi) is 13.4. The average molecular weight is 559 g/mol. The van der Waals surface area contributed by atoms with Crippen LogP contribution in [-0.2, 0) is 18.9 Å². The van der Waals surface area contributed by atoms with E-state index in [4.69, 9.17) is 18.9 Å². The van der Waals surface area contributed by atoms with Gasteiger partial charge in [-0.1, -0.05) is 12.1 Å². The highest BCUT2D eigenvalue weighted by Crippen LogP contribution is 2.01. The maximum absolute atomic E-state index is 12.4. The molecule has 2 aromatic rings. The Morgan fingerprint density at radius 1 is 0.425 bits per heavy atom. The van der Waals surface area contributed by atoms with E-state index in [9.17, 15) is 19.2 Å². The van der Waals surface area contributed by atoms with Crippen molar-refractivity contribution < 1.29 is 38.1 Å². The molecule has 0 fully saturated rings. The Hall–Kier alpha value is -3.98. The second kappa shape index (κ2) is 17.6. The third-order valence-electron chi connectivity index (χ3n) is 5.30. The van der Waals surface area contributed by atoms with E-state index in [0.29, 0.717) is 26.4 Å². The molecule has 0 aliphatic carbocycles. The SMILES string of the molecule is O=C1NCCOCCOCCNC(=O)c2cccc(n2)C(=O)NCCOCCOCCNC(=O)c2cccc1n2. The van der Waals surface area contributed by atoms with Crippen LogP contribution < -0.4 is 21.3 Å². The monoisotopic (exact) mass is 558 g/mol. The smallest absolute Gasteiger partial charge is 0.269 e. The molecule has 216 valence electrons. The minimum Gasteiger partial charge on any atom is -0.377 e. The van der Waals surface area contributed by atoms with Crippen LogP contribution in [-0.4, -0.2) is 113 Å². The molecule has 3 rings (SSSR count). The molecular formula is C26H34N6O8. The van der Waals surface area contributed by atoms with E-state index in [1.807, 2.05) is 0 Å². The lowest BCUT2D eigenvalue weighted by Crippen LogP contribution is -2.31. The first-order valence-electron chi connectivity index (χ1n) is 12.9. The molecule has 14 nitrogen and oxygen atoms in total. The van der Waals surface area contributed by atoms with E-state index in [-0.39, 0.29) is 75.4 Å². The number of fused-ring (bicyclic) bond motifs is 4. The van der Waals surface area contributed by atoms with Crippen LogP contribution in [0.2, 0.25) is 0 Å². The number of carbonyl (C=O) groups excluding carboxylic acids is 4. The van der Waals surface area contributed by atoms with Gasteiger partial charge in [-0.2, -0.15) is 0 Å². The molecule has 0 atom stereocenters. The van der Waals surface area contributed by atoms with Crippen LogP contribution in [0.3, 0.4) is 0 Å². The summed E-state index contributed by atoms with van der Waals surface area (Å²) in [6, 6.07) is 9.24. The Morgan fingerprint density at radius 3 is 0.925 bits per heavy atom. The Balaban J connectivity index is 1.49. The molecule has 0 unspecified atom stereocenters. The van der Waals surface area contributed by atoms with Gasteiger partial charge in [-0.25, -0.2) is 9.97 Å². The fourth-order valence-corrected chi connectivity index (χ4v) is 3.33. The van der Waals surface area contributed by atoms with Crippen molar-refractivity contribution >= 4 is 23.6 Å². The van der Waals surface area contributed by atoms with E-state index in [1.54, 1.807) is 12.1 Å². The van der Waals surface area contributed by atoms with Gasteiger partial charge in [0.05, 0.1) is 52.9 Å². The van der Waals surface area contributed by atoms with Gasteiger partial charge in [-0.15, -0.1) is 0 Å². The summed E-state index contributed by atoms with van der Waals surface area (Å²) in [7, 11) is 0. The number of ether oxygens (including phenoxy) is 4. The third kappa shape index (κ3) is 11.0. The van der Waals surface area contributed by atoms with Crippen LogP contribution in [0, 0.1) is 0 Å². The van der Waals surface area contributed by atoms with E-state index >= 15 is 0 Å². The summed E-state index contributed by atoms with van der Waals surface area (Å²) in [5.41, 5.74) is 0.460. The topological polar surface area (TPSA) is 179 Å². The van der Waals surface area contributed by atoms with E-state index in [1.165, 1.54) is 24.3 Å². The summed E-state index contributed by atoms with van der Waals surface area (Å²) >= 11 is 0. The van der Waals surface area contributed by atoms with Crippen molar-refractivity contribution in [3.63, 3.8) is 0 Å². The summed E-state index contributed by atoms with van der Waals surface area (Å²) in [6.07, 6.45) is 0. The van der Waals surface area contributed by atoms with Gasteiger partial charge >= 0.3 is 0 Å². The van der Waals surface area contributed by atoms with Gasteiger partial charge in [0, 0.05) is 26.2 Å². The highest BCUT2D eigenvalue weighted by molar-refractivity contribution is 5.97. The molecule has 4 N–H and O–H groups in total. The maximum atomic E-state index is 12.4. The third-order valence-corrected chi connectivity index (χ3v) is 5.30. The Bertz CT molecular complexity index is 966. The largest absolute Gasteiger partial charge is 0.377 e. The zero-order chi connectivity index (χ0) is 28.4. The molecule has 4 bridgehead atoms. The quantitative estimate of drug-likeness (QED) is 0.319. The number of nitrogens with one attached hydrogen (secondary N) is 4. The summed E-state index contributed by atoms with van der Waals surface area (Å²) < 4.78 is 21.7. The fourth-order valence-electron chi connectivity index (χ4n) is 3.33. The molecule has 40 heavy (non-hydrogen) atoms. The van der Waals surface area contributed by atoms with Gasteiger partial charge < -0.3 is 40.2 Å². The summed E-state index contributed by atoms with van der Waals surface area (Å²) in [4.78, 5) is 57.7. The number of pyridine rings is 2. The van der Waals surface area contributed by atoms with Gasteiger partial charge in [0.1, 0.15) is 22.8 Å². The van der Waals surface area contributed by atoms with Gasteiger partial charge in [0.2, 0.25) is 0 Å². The van der Waals surface area contributed by atoms with Crippen molar-refractivity contribution in [2.75, 3.05) is 79.0 Å². The van der Waals surface area contributed by atoms with Gasteiger partial charge in [0.15, 0.2) is 0 Å². The van der Waals surface area contributed by atoms with Gasteiger partial charge in [0.25, 0.3) is 23.6 Å². The first kappa shape index (κ1) is 30.6.